The number of rotatable bonds is 11. The third-order valence-electron chi connectivity index (χ3n) is 5.13. The number of ether oxygens (including phenoxy) is 3. The Morgan fingerprint density at radius 3 is 2.57 bits per heavy atom. The number of halogens is 1. The van der Waals surface area contributed by atoms with E-state index >= 15 is 0 Å². The molecule has 0 aromatic heterocycles. The molecule has 0 radical (unpaired) electrons. The molecule has 2 aromatic carbocycles. The van der Waals surface area contributed by atoms with Gasteiger partial charge in [0, 0.05) is 19.6 Å². The summed E-state index contributed by atoms with van der Waals surface area (Å²) in [6.07, 6.45) is 1.14. The van der Waals surface area contributed by atoms with Crippen molar-refractivity contribution in [3.8, 4) is 11.5 Å². The SMILES string of the molecule is CCOc1cc(CNCCCN2CCOCC2)cc(Br)c1OCc1ccc(C)cc1. The van der Waals surface area contributed by atoms with Crippen LogP contribution in [0.25, 0.3) is 0 Å². The summed E-state index contributed by atoms with van der Waals surface area (Å²) in [4.78, 5) is 2.47. The van der Waals surface area contributed by atoms with Gasteiger partial charge in [0.15, 0.2) is 11.5 Å². The minimum atomic E-state index is 0.512. The minimum Gasteiger partial charge on any atom is -0.490 e. The molecule has 5 nitrogen and oxygen atoms in total. The summed E-state index contributed by atoms with van der Waals surface area (Å²) in [5.74, 6) is 1.54. The van der Waals surface area contributed by atoms with Crippen molar-refractivity contribution in [1.29, 1.82) is 0 Å². The molecule has 3 rings (SSSR count). The molecule has 0 amide bonds. The summed E-state index contributed by atoms with van der Waals surface area (Å²) in [5.41, 5.74) is 3.57. The molecule has 0 bridgehead atoms. The van der Waals surface area contributed by atoms with Gasteiger partial charge in [0.1, 0.15) is 6.61 Å². The van der Waals surface area contributed by atoms with Gasteiger partial charge in [0.05, 0.1) is 24.3 Å². The zero-order valence-corrected chi connectivity index (χ0v) is 19.7. The Morgan fingerprint density at radius 1 is 1.07 bits per heavy atom. The second-order valence-electron chi connectivity index (χ2n) is 7.60. The van der Waals surface area contributed by atoms with Crippen LogP contribution in [0.2, 0.25) is 0 Å². The van der Waals surface area contributed by atoms with E-state index in [2.05, 4.69) is 69.5 Å². The van der Waals surface area contributed by atoms with E-state index in [-0.39, 0.29) is 0 Å². The van der Waals surface area contributed by atoms with Gasteiger partial charge in [-0.1, -0.05) is 29.8 Å². The van der Waals surface area contributed by atoms with E-state index in [9.17, 15) is 0 Å². The van der Waals surface area contributed by atoms with Gasteiger partial charge in [-0.05, 0) is 72.5 Å². The van der Waals surface area contributed by atoms with E-state index < -0.39 is 0 Å². The molecule has 1 aliphatic heterocycles. The van der Waals surface area contributed by atoms with E-state index in [1.807, 2.05) is 6.92 Å². The summed E-state index contributed by atoms with van der Waals surface area (Å²) in [7, 11) is 0. The fraction of sp³-hybridized carbons (Fsp3) is 0.500. The second kappa shape index (κ2) is 12.3. The molecule has 1 fully saturated rings. The van der Waals surface area contributed by atoms with E-state index in [4.69, 9.17) is 14.2 Å². The van der Waals surface area contributed by atoms with Crippen LogP contribution in [0.4, 0.5) is 0 Å². The third kappa shape index (κ3) is 7.27. The van der Waals surface area contributed by atoms with Crippen molar-refractivity contribution < 1.29 is 14.2 Å². The van der Waals surface area contributed by atoms with Gasteiger partial charge in [0.25, 0.3) is 0 Å². The maximum atomic E-state index is 6.10. The van der Waals surface area contributed by atoms with Crippen LogP contribution in [0, 0.1) is 6.92 Å². The topological polar surface area (TPSA) is 43.0 Å². The molecule has 0 unspecified atom stereocenters. The van der Waals surface area contributed by atoms with Crippen LogP contribution in [-0.2, 0) is 17.9 Å². The monoisotopic (exact) mass is 476 g/mol. The summed E-state index contributed by atoms with van der Waals surface area (Å²) in [5, 5.41) is 3.55. The molecular weight excluding hydrogens is 444 g/mol. The number of hydrogen-bond acceptors (Lipinski definition) is 5. The van der Waals surface area contributed by atoms with E-state index in [1.54, 1.807) is 0 Å². The number of benzene rings is 2. The van der Waals surface area contributed by atoms with Gasteiger partial charge in [-0.15, -0.1) is 0 Å². The van der Waals surface area contributed by atoms with Crippen LogP contribution < -0.4 is 14.8 Å². The van der Waals surface area contributed by atoms with Crippen molar-refractivity contribution in [3.05, 3.63) is 57.6 Å². The average Bonchev–Trinajstić information content (AvgIpc) is 2.75. The highest BCUT2D eigenvalue weighted by Crippen LogP contribution is 2.37. The first-order chi connectivity index (χ1) is 14.7. The van der Waals surface area contributed by atoms with E-state index in [1.165, 1.54) is 11.1 Å². The lowest BCUT2D eigenvalue weighted by atomic mass is 10.1. The lowest BCUT2D eigenvalue weighted by Crippen LogP contribution is -2.37. The zero-order chi connectivity index (χ0) is 21.2. The van der Waals surface area contributed by atoms with Gasteiger partial charge >= 0.3 is 0 Å². The quantitative estimate of drug-likeness (QED) is 0.482. The lowest BCUT2D eigenvalue weighted by molar-refractivity contribution is 0.0374. The molecule has 1 saturated heterocycles. The Balaban J connectivity index is 1.52. The van der Waals surface area contributed by atoms with Crippen LogP contribution >= 0.6 is 15.9 Å². The third-order valence-corrected chi connectivity index (χ3v) is 5.72. The van der Waals surface area contributed by atoms with Crippen LogP contribution in [0.1, 0.15) is 30.0 Å². The predicted molar refractivity (Wildman–Crippen MR) is 124 cm³/mol. The first kappa shape index (κ1) is 23.1. The standard InChI is InChI=1S/C24H33BrN2O3/c1-3-29-23-16-21(17-26-9-4-10-27-11-13-28-14-12-27)15-22(25)24(23)30-18-20-7-5-19(2)6-8-20/h5-8,15-16,26H,3-4,9-14,17-18H2,1-2H3. The smallest absolute Gasteiger partial charge is 0.175 e. The van der Waals surface area contributed by atoms with E-state index in [0.29, 0.717) is 13.2 Å². The summed E-state index contributed by atoms with van der Waals surface area (Å²) in [6.45, 7) is 11.9. The minimum absolute atomic E-state index is 0.512. The summed E-state index contributed by atoms with van der Waals surface area (Å²) >= 11 is 3.68. The Bertz CT molecular complexity index is 777. The average molecular weight is 477 g/mol. The fourth-order valence-electron chi connectivity index (χ4n) is 3.45. The molecule has 1 N–H and O–H groups in total. The summed E-state index contributed by atoms with van der Waals surface area (Å²) in [6, 6.07) is 12.6. The highest BCUT2D eigenvalue weighted by atomic mass is 79.9. The maximum absolute atomic E-state index is 6.10. The molecule has 6 heteroatoms. The summed E-state index contributed by atoms with van der Waals surface area (Å²) < 4.78 is 18.3. The van der Waals surface area contributed by atoms with Crippen LogP contribution in [0.15, 0.2) is 40.9 Å². The first-order valence-corrected chi connectivity index (χ1v) is 11.6. The predicted octanol–water partition coefficient (Wildman–Crippen LogP) is 4.55. The van der Waals surface area contributed by atoms with Gasteiger partial charge < -0.3 is 19.5 Å². The highest BCUT2D eigenvalue weighted by molar-refractivity contribution is 9.10. The van der Waals surface area contributed by atoms with Gasteiger partial charge in [0.2, 0.25) is 0 Å². The number of morpholine rings is 1. The van der Waals surface area contributed by atoms with Crippen molar-refractivity contribution in [2.24, 2.45) is 0 Å². The first-order valence-electron chi connectivity index (χ1n) is 10.8. The molecule has 0 atom stereocenters. The number of nitrogens with zero attached hydrogens (tertiary/aromatic N) is 1. The second-order valence-corrected chi connectivity index (χ2v) is 8.45. The Hall–Kier alpha value is -1.60. The molecule has 1 heterocycles. The molecule has 30 heavy (non-hydrogen) atoms. The number of nitrogens with one attached hydrogen (secondary N) is 1. The van der Waals surface area contributed by atoms with Crippen molar-refractivity contribution in [2.45, 2.75) is 33.4 Å². The lowest BCUT2D eigenvalue weighted by Gasteiger charge is -2.26. The van der Waals surface area contributed by atoms with Crippen LogP contribution in [0.3, 0.4) is 0 Å². The molecule has 0 spiro atoms. The van der Waals surface area contributed by atoms with Crippen molar-refractivity contribution in [2.75, 3.05) is 46.0 Å². The molecule has 2 aromatic rings. The highest BCUT2D eigenvalue weighted by Gasteiger charge is 2.13. The molecule has 1 aliphatic rings. The van der Waals surface area contributed by atoms with Crippen molar-refractivity contribution in [1.82, 2.24) is 10.2 Å². The fourth-order valence-corrected chi connectivity index (χ4v) is 4.06. The van der Waals surface area contributed by atoms with Gasteiger partial charge in [-0.3, -0.25) is 4.90 Å². The van der Waals surface area contributed by atoms with Crippen LogP contribution in [0.5, 0.6) is 11.5 Å². The van der Waals surface area contributed by atoms with Crippen LogP contribution in [-0.4, -0.2) is 50.9 Å². The molecule has 0 saturated carbocycles. The maximum Gasteiger partial charge on any atom is 0.175 e. The Labute approximate surface area is 188 Å². The number of aryl methyl sites for hydroxylation is 1. The number of hydrogen-bond donors (Lipinski definition) is 1. The van der Waals surface area contributed by atoms with Gasteiger partial charge in [-0.25, -0.2) is 0 Å². The van der Waals surface area contributed by atoms with Crippen molar-refractivity contribution >= 4 is 15.9 Å². The normalized spacial score (nSPS) is 14.6. The largest absolute Gasteiger partial charge is 0.490 e. The van der Waals surface area contributed by atoms with Crippen molar-refractivity contribution in [3.63, 3.8) is 0 Å². The molecular formula is C24H33BrN2O3. The zero-order valence-electron chi connectivity index (χ0n) is 18.1. The molecule has 0 aliphatic carbocycles. The Morgan fingerprint density at radius 2 is 1.83 bits per heavy atom. The van der Waals surface area contributed by atoms with E-state index in [0.717, 1.165) is 73.9 Å². The van der Waals surface area contributed by atoms with Gasteiger partial charge in [-0.2, -0.15) is 0 Å². The Kier molecular flexibility index (Phi) is 9.46. The molecule has 164 valence electrons.